The van der Waals surface area contributed by atoms with E-state index in [0.29, 0.717) is 15.7 Å². The van der Waals surface area contributed by atoms with Crippen molar-refractivity contribution in [3.8, 4) is 0 Å². The van der Waals surface area contributed by atoms with Gasteiger partial charge in [-0.2, -0.15) is 0 Å². The van der Waals surface area contributed by atoms with Crippen LogP contribution in [-0.4, -0.2) is 51.4 Å². The molecule has 0 radical (unpaired) electrons. The molecule has 0 bridgehead atoms. The van der Waals surface area contributed by atoms with Crippen LogP contribution in [0.5, 0.6) is 0 Å². The molecule has 0 saturated carbocycles. The zero-order chi connectivity index (χ0) is 17.9. The predicted octanol–water partition coefficient (Wildman–Crippen LogP) is -0.103. The van der Waals surface area contributed by atoms with E-state index < -0.39 is 29.7 Å². The Morgan fingerprint density at radius 2 is 2.04 bits per heavy atom. The van der Waals surface area contributed by atoms with Crippen LogP contribution in [0.25, 0.3) is 0 Å². The molecule has 1 aliphatic rings. The molecule has 1 fully saturated rings. The minimum Gasteiger partial charge on any atom is -0.467 e. The molecule has 2 heterocycles. The normalized spacial score (nSPS) is 15.2. The van der Waals surface area contributed by atoms with E-state index in [2.05, 4.69) is 5.32 Å². The summed E-state index contributed by atoms with van der Waals surface area (Å²) >= 11 is 0. The SMILES string of the molecule is CC(C)CN(O)C(=O)[C@@H](C(=O)NCc1ccco1)N1C(=O)CC1=O. The van der Waals surface area contributed by atoms with Crippen LogP contribution in [0, 0.1) is 5.92 Å². The second-order valence-corrected chi connectivity index (χ2v) is 5.85. The Bertz CT molecular complexity index is 626. The van der Waals surface area contributed by atoms with Crippen molar-refractivity contribution in [2.75, 3.05) is 6.54 Å². The molecule has 130 valence electrons. The smallest absolute Gasteiger partial charge is 0.278 e. The molecular weight excluding hydrogens is 318 g/mol. The van der Waals surface area contributed by atoms with Crippen molar-refractivity contribution in [2.45, 2.75) is 32.9 Å². The first-order valence-corrected chi connectivity index (χ1v) is 7.46. The van der Waals surface area contributed by atoms with Gasteiger partial charge < -0.3 is 9.73 Å². The van der Waals surface area contributed by atoms with E-state index in [-0.39, 0.29) is 25.4 Å². The van der Waals surface area contributed by atoms with E-state index in [1.807, 2.05) is 0 Å². The Morgan fingerprint density at radius 3 is 2.54 bits per heavy atom. The molecule has 0 spiro atoms. The van der Waals surface area contributed by atoms with Gasteiger partial charge >= 0.3 is 0 Å². The van der Waals surface area contributed by atoms with Crippen LogP contribution >= 0.6 is 0 Å². The van der Waals surface area contributed by atoms with Crippen molar-refractivity contribution in [1.82, 2.24) is 15.3 Å². The molecule has 2 rings (SSSR count). The highest BCUT2D eigenvalue weighted by atomic mass is 16.5. The van der Waals surface area contributed by atoms with Crippen LogP contribution < -0.4 is 5.32 Å². The van der Waals surface area contributed by atoms with Gasteiger partial charge in [0.15, 0.2) is 6.04 Å². The maximum Gasteiger partial charge on any atom is 0.278 e. The van der Waals surface area contributed by atoms with Crippen LogP contribution in [-0.2, 0) is 25.7 Å². The minimum atomic E-state index is -1.72. The third-order valence-corrected chi connectivity index (χ3v) is 3.39. The predicted molar refractivity (Wildman–Crippen MR) is 79.2 cm³/mol. The monoisotopic (exact) mass is 337 g/mol. The summed E-state index contributed by atoms with van der Waals surface area (Å²) < 4.78 is 5.06. The van der Waals surface area contributed by atoms with Gasteiger partial charge in [0.1, 0.15) is 12.2 Å². The highest BCUT2D eigenvalue weighted by Gasteiger charge is 2.48. The highest BCUT2D eigenvalue weighted by molar-refractivity contribution is 6.21. The molecule has 1 saturated heterocycles. The Kier molecular flexibility index (Phi) is 5.35. The number of likely N-dealkylation sites (tertiary alicyclic amines) is 1. The molecule has 9 nitrogen and oxygen atoms in total. The van der Waals surface area contributed by atoms with Crippen LogP contribution in [0.1, 0.15) is 26.0 Å². The third-order valence-electron chi connectivity index (χ3n) is 3.39. The fourth-order valence-corrected chi connectivity index (χ4v) is 2.24. The van der Waals surface area contributed by atoms with Crippen molar-refractivity contribution < 1.29 is 28.8 Å². The van der Waals surface area contributed by atoms with Gasteiger partial charge in [0.05, 0.1) is 19.4 Å². The number of carbonyl (C=O) groups is 4. The molecule has 0 aromatic carbocycles. The maximum absolute atomic E-state index is 12.4. The van der Waals surface area contributed by atoms with Crippen LogP contribution in [0.15, 0.2) is 22.8 Å². The Morgan fingerprint density at radius 1 is 1.38 bits per heavy atom. The topological polar surface area (TPSA) is 120 Å². The average Bonchev–Trinajstić information content (AvgIpc) is 3.02. The van der Waals surface area contributed by atoms with Gasteiger partial charge in [-0.05, 0) is 18.1 Å². The third kappa shape index (κ3) is 3.80. The molecule has 1 aliphatic heterocycles. The van der Waals surface area contributed by atoms with Gasteiger partial charge in [0, 0.05) is 0 Å². The molecule has 2 N–H and O–H groups in total. The van der Waals surface area contributed by atoms with E-state index in [1.54, 1.807) is 26.0 Å². The van der Waals surface area contributed by atoms with Crippen molar-refractivity contribution in [3.05, 3.63) is 24.2 Å². The van der Waals surface area contributed by atoms with Crippen LogP contribution in [0.3, 0.4) is 0 Å². The first-order chi connectivity index (χ1) is 11.3. The molecule has 1 aromatic rings. The molecule has 4 amide bonds. The molecule has 0 aliphatic carbocycles. The van der Waals surface area contributed by atoms with Crippen molar-refractivity contribution in [3.63, 3.8) is 0 Å². The zero-order valence-electron chi connectivity index (χ0n) is 13.4. The summed E-state index contributed by atoms with van der Waals surface area (Å²) in [4.78, 5) is 48.5. The first kappa shape index (κ1) is 17.7. The van der Waals surface area contributed by atoms with Gasteiger partial charge in [-0.1, -0.05) is 13.8 Å². The zero-order valence-corrected chi connectivity index (χ0v) is 13.4. The van der Waals surface area contributed by atoms with Gasteiger partial charge in [-0.3, -0.25) is 29.3 Å². The van der Waals surface area contributed by atoms with Gasteiger partial charge in [0.2, 0.25) is 11.8 Å². The maximum atomic E-state index is 12.4. The Labute approximate surface area is 138 Å². The summed E-state index contributed by atoms with van der Waals surface area (Å²) in [7, 11) is 0. The lowest BCUT2D eigenvalue weighted by Gasteiger charge is -2.35. The lowest BCUT2D eigenvalue weighted by Crippen LogP contribution is -2.64. The molecule has 9 heteroatoms. The fraction of sp³-hybridized carbons (Fsp3) is 0.467. The molecular formula is C15H19N3O6. The molecule has 24 heavy (non-hydrogen) atoms. The number of carbonyl (C=O) groups excluding carboxylic acids is 4. The summed E-state index contributed by atoms with van der Waals surface area (Å²) in [6.07, 6.45) is 1.07. The summed E-state index contributed by atoms with van der Waals surface area (Å²) in [6.45, 7) is 3.49. The lowest BCUT2D eigenvalue weighted by atomic mass is 10.1. The van der Waals surface area contributed by atoms with E-state index >= 15 is 0 Å². The van der Waals surface area contributed by atoms with E-state index in [9.17, 15) is 24.4 Å². The second-order valence-electron chi connectivity index (χ2n) is 5.85. The number of amides is 4. The standard InChI is InChI=1S/C15H19N3O6/c1-9(2)8-17(23)15(22)13(18-11(19)6-12(18)20)14(21)16-7-10-4-3-5-24-10/h3-5,9,13,23H,6-8H2,1-2H3,(H,16,21)/t13-/m1/s1. The van der Waals surface area contributed by atoms with E-state index in [0.717, 1.165) is 0 Å². The number of hydrogen-bond donors (Lipinski definition) is 2. The van der Waals surface area contributed by atoms with Gasteiger partial charge in [-0.25, -0.2) is 5.06 Å². The number of β-lactam (4-membered cyclic amide) rings is 2. The lowest BCUT2D eigenvalue weighted by molar-refractivity contribution is -0.183. The summed E-state index contributed by atoms with van der Waals surface area (Å²) in [6, 6.07) is 1.52. The largest absolute Gasteiger partial charge is 0.467 e. The number of furan rings is 1. The highest BCUT2D eigenvalue weighted by Crippen LogP contribution is 2.18. The van der Waals surface area contributed by atoms with Crippen molar-refractivity contribution in [2.24, 2.45) is 5.92 Å². The van der Waals surface area contributed by atoms with Crippen LogP contribution in [0.2, 0.25) is 0 Å². The summed E-state index contributed by atoms with van der Waals surface area (Å²) in [5.74, 6) is -2.77. The average molecular weight is 337 g/mol. The van der Waals surface area contributed by atoms with E-state index in [4.69, 9.17) is 4.42 Å². The summed E-state index contributed by atoms with van der Waals surface area (Å²) in [5.41, 5.74) is 0. The van der Waals surface area contributed by atoms with Crippen molar-refractivity contribution >= 4 is 23.6 Å². The number of hydroxylamine groups is 2. The fourth-order valence-electron chi connectivity index (χ4n) is 2.24. The Hall–Kier alpha value is -2.68. The number of nitrogens with one attached hydrogen (secondary N) is 1. The number of rotatable bonds is 7. The molecule has 0 unspecified atom stereocenters. The second kappa shape index (κ2) is 7.26. The Balaban J connectivity index is 2.12. The quantitative estimate of drug-likeness (QED) is 0.310. The number of imide groups is 1. The number of hydrogen-bond acceptors (Lipinski definition) is 6. The summed E-state index contributed by atoms with van der Waals surface area (Å²) in [5, 5.41) is 12.6. The first-order valence-electron chi connectivity index (χ1n) is 7.46. The van der Waals surface area contributed by atoms with Crippen molar-refractivity contribution in [1.29, 1.82) is 0 Å². The number of nitrogens with zero attached hydrogens (tertiary/aromatic N) is 2. The molecule has 1 atom stereocenters. The van der Waals surface area contributed by atoms with Gasteiger partial charge in [0.25, 0.3) is 11.8 Å². The van der Waals surface area contributed by atoms with E-state index in [1.165, 1.54) is 6.26 Å². The minimum absolute atomic E-state index is 0.0125. The van der Waals surface area contributed by atoms with Crippen LogP contribution in [0.4, 0.5) is 0 Å². The van der Waals surface area contributed by atoms with Gasteiger partial charge in [-0.15, -0.1) is 0 Å². The molecule has 1 aromatic heterocycles.